The van der Waals surface area contributed by atoms with Crippen molar-refractivity contribution in [1.29, 1.82) is 0 Å². The molecule has 4 atom stereocenters. The van der Waals surface area contributed by atoms with Gasteiger partial charge in [-0.05, 0) is 54.7 Å². The maximum absolute atomic E-state index is 13.3. The number of benzene rings is 1. The van der Waals surface area contributed by atoms with E-state index in [9.17, 15) is 8.78 Å². The number of nitrogens with two attached hydrogens (primary N) is 1. The smallest absolute Gasteiger partial charge is 0.159 e. The molecule has 2 fully saturated rings. The van der Waals surface area contributed by atoms with Crippen LogP contribution >= 0.6 is 0 Å². The fourth-order valence-electron chi connectivity index (χ4n) is 3.88. The molecule has 2 aliphatic carbocycles. The average Bonchev–Trinajstić information content (AvgIpc) is 2.97. The Bertz CT molecular complexity index is 449. The number of nitrogens with one attached hydrogen (secondary N) is 1. The molecule has 3 rings (SSSR count). The van der Waals surface area contributed by atoms with E-state index in [4.69, 9.17) is 5.84 Å². The summed E-state index contributed by atoms with van der Waals surface area (Å²) in [5.74, 6) is 5.99. The monoisotopic (exact) mass is 252 g/mol. The van der Waals surface area contributed by atoms with Crippen molar-refractivity contribution in [2.45, 2.75) is 31.7 Å². The van der Waals surface area contributed by atoms with Gasteiger partial charge in [-0.25, -0.2) is 8.78 Å². The lowest BCUT2D eigenvalue weighted by atomic mass is 9.81. The molecule has 0 aliphatic heterocycles. The van der Waals surface area contributed by atoms with E-state index in [0.717, 1.165) is 17.9 Å². The second kappa shape index (κ2) is 4.59. The molecule has 0 amide bonds. The molecule has 2 aliphatic rings. The molecular weight excluding hydrogens is 234 g/mol. The number of fused-ring (bicyclic) bond motifs is 2. The second-order valence-electron chi connectivity index (χ2n) is 5.66. The summed E-state index contributed by atoms with van der Waals surface area (Å²) in [6.45, 7) is 0. The van der Waals surface area contributed by atoms with Crippen molar-refractivity contribution in [3.63, 3.8) is 0 Å². The van der Waals surface area contributed by atoms with E-state index in [1.807, 2.05) is 0 Å². The molecule has 1 aromatic rings. The van der Waals surface area contributed by atoms with Gasteiger partial charge in [-0.1, -0.05) is 12.5 Å². The molecule has 18 heavy (non-hydrogen) atoms. The first-order chi connectivity index (χ1) is 8.69. The van der Waals surface area contributed by atoms with Crippen molar-refractivity contribution < 1.29 is 8.78 Å². The van der Waals surface area contributed by atoms with E-state index in [1.165, 1.54) is 31.4 Å². The Hall–Kier alpha value is -1.00. The van der Waals surface area contributed by atoms with Crippen LogP contribution in [-0.2, 0) is 0 Å². The Labute approximate surface area is 106 Å². The molecule has 2 nitrogen and oxygen atoms in total. The lowest BCUT2D eigenvalue weighted by Gasteiger charge is -2.30. The molecule has 0 saturated heterocycles. The highest BCUT2D eigenvalue weighted by atomic mass is 19.2. The first kappa shape index (κ1) is 12.1. The SMILES string of the molecule is NNC(c1ccc(F)c(F)c1)C1CC2CCC1C2. The van der Waals surface area contributed by atoms with Crippen LogP contribution in [0.15, 0.2) is 18.2 Å². The van der Waals surface area contributed by atoms with Crippen molar-refractivity contribution in [1.82, 2.24) is 5.43 Å². The molecule has 2 bridgehead atoms. The third-order valence-corrected chi connectivity index (χ3v) is 4.70. The highest BCUT2D eigenvalue weighted by molar-refractivity contribution is 5.23. The minimum Gasteiger partial charge on any atom is -0.271 e. The quantitative estimate of drug-likeness (QED) is 0.641. The Morgan fingerprint density at radius 2 is 2.00 bits per heavy atom. The highest BCUT2D eigenvalue weighted by Gasteiger charge is 2.43. The standard InChI is InChI=1S/C14H18F2N2/c15-12-4-3-10(7-13(12)16)14(18-17)11-6-8-1-2-9(11)5-8/h3-4,7-9,11,14,18H,1-2,5-6,17H2. The number of halogens is 2. The summed E-state index contributed by atoms with van der Waals surface area (Å²) in [6.07, 6.45) is 4.98. The van der Waals surface area contributed by atoms with Gasteiger partial charge in [-0.3, -0.25) is 11.3 Å². The minimum atomic E-state index is -0.803. The molecule has 2 saturated carbocycles. The first-order valence-electron chi connectivity index (χ1n) is 6.60. The highest BCUT2D eigenvalue weighted by Crippen LogP contribution is 2.52. The minimum absolute atomic E-state index is 0.0598. The van der Waals surface area contributed by atoms with Gasteiger partial charge in [0.15, 0.2) is 11.6 Å². The van der Waals surface area contributed by atoms with Crippen LogP contribution in [0.4, 0.5) is 8.78 Å². The number of hydrogen-bond donors (Lipinski definition) is 2. The van der Waals surface area contributed by atoms with Crippen molar-refractivity contribution in [3.8, 4) is 0 Å². The lowest BCUT2D eigenvalue weighted by Crippen LogP contribution is -2.35. The van der Waals surface area contributed by atoms with E-state index in [0.29, 0.717) is 11.8 Å². The fourth-order valence-corrected chi connectivity index (χ4v) is 3.88. The van der Waals surface area contributed by atoms with E-state index in [1.54, 1.807) is 6.07 Å². The Morgan fingerprint density at radius 3 is 2.56 bits per heavy atom. The summed E-state index contributed by atoms with van der Waals surface area (Å²) in [5, 5.41) is 0. The maximum Gasteiger partial charge on any atom is 0.159 e. The van der Waals surface area contributed by atoms with Crippen LogP contribution in [0.25, 0.3) is 0 Å². The molecule has 98 valence electrons. The largest absolute Gasteiger partial charge is 0.271 e. The predicted molar refractivity (Wildman–Crippen MR) is 65.4 cm³/mol. The van der Waals surface area contributed by atoms with E-state index < -0.39 is 11.6 Å². The zero-order valence-corrected chi connectivity index (χ0v) is 10.2. The molecule has 4 heteroatoms. The summed E-state index contributed by atoms with van der Waals surface area (Å²) >= 11 is 0. The van der Waals surface area contributed by atoms with Crippen LogP contribution in [-0.4, -0.2) is 0 Å². The number of hydrogen-bond acceptors (Lipinski definition) is 2. The van der Waals surface area contributed by atoms with Gasteiger partial charge in [0.2, 0.25) is 0 Å². The van der Waals surface area contributed by atoms with Gasteiger partial charge in [-0.15, -0.1) is 0 Å². The molecular formula is C14H18F2N2. The topological polar surface area (TPSA) is 38.0 Å². The summed E-state index contributed by atoms with van der Waals surface area (Å²) in [6, 6.07) is 4.03. The molecule has 0 spiro atoms. The maximum atomic E-state index is 13.3. The van der Waals surface area contributed by atoms with Gasteiger partial charge in [0.25, 0.3) is 0 Å². The van der Waals surface area contributed by atoms with Crippen LogP contribution in [0.3, 0.4) is 0 Å². The lowest BCUT2D eigenvalue weighted by molar-refractivity contribution is 0.251. The molecule has 3 N–H and O–H groups in total. The van der Waals surface area contributed by atoms with Crippen LogP contribution in [0.1, 0.15) is 37.3 Å². The van der Waals surface area contributed by atoms with Gasteiger partial charge >= 0.3 is 0 Å². The zero-order valence-electron chi connectivity index (χ0n) is 10.2. The molecule has 0 heterocycles. The van der Waals surface area contributed by atoms with Crippen LogP contribution in [0.5, 0.6) is 0 Å². The van der Waals surface area contributed by atoms with Gasteiger partial charge in [0.1, 0.15) is 0 Å². The summed E-state index contributed by atoms with van der Waals surface area (Å²) < 4.78 is 26.3. The first-order valence-corrected chi connectivity index (χ1v) is 6.60. The molecule has 1 aromatic carbocycles. The average molecular weight is 252 g/mol. The third kappa shape index (κ3) is 1.93. The number of rotatable bonds is 3. The molecule has 4 unspecified atom stereocenters. The molecule has 0 aromatic heterocycles. The second-order valence-corrected chi connectivity index (χ2v) is 5.66. The summed E-state index contributed by atoms with van der Waals surface area (Å²) in [4.78, 5) is 0. The Morgan fingerprint density at radius 1 is 1.17 bits per heavy atom. The van der Waals surface area contributed by atoms with Crippen molar-refractivity contribution in [3.05, 3.63) is 35.4 Å². The van der Waals surface area contributed by atoms with Crippen LogP contribution in [0, 0.1) is 29.4 Å². The van der Waals surface area contributed by atoms with Gasteiger partial charge in [0, 0.05) is 6.04 Å². The van der Waals surface area contributed by atoms with Crippen LogP contribution in [0.2, 0.25) is 0 Å². The van der Waals surface area contributed by atoms with Gasteiger partial charge in [0.05, 0.1) is 0 Å². The van der Waals surface area contributed by atoms with Crippen molar-refractivity contribution in [2.75, 3.05) is 0 Å². The van der Waals surface area contributed by atoms with Crippen molar-refractivity contribution in [2.24, 2.45) is 23.6 Å². The van der Waals surface area contributed by atoms with Crippen molar-refractivity contribution >= 4 is 0 Å². The predicted octanol–water partition coefficient (Wildman–Crippen LogP) is 2.91. The Balaban J connectivity index is 1.85. The van der Waals surface area contributed by atoms with Gasteiger partial charge < -0.3 is 0 Å². The van der Waals surface area contributed by atoms with Gasteiger partial charge in [-0.2, -0.15) is 0 Å². The van der Waals surface area contributed by atoms with E-state index >= 15 is 0 Å². The van der Waals surface area contributed by atoms with E-state index in [-0.39, 0.29) is 6.04 Å². The summed E-state index contributed by atoms with van der Waals surface area (Å²) in [5.41, 5.74) is 3.56. The Kier molecular flexibility index (Phi) is 3.08. The molecule has 0 radical (unpaired) electrons. The summed E-state index contributed by atoms with van der Waals surface area (Å²) in [7, 11) is 0. The normalized spacial score (nSPS) is 31.8. The van der Waals surface area contributed by atoms with Crippen LogP contribution < -0.4 is 11.3 Å². The fraction of sp³-hybridized carbons (Fsp3) is 0.571. The third-order valence-electron chi connectivity index (χ3n) is 4.70. The van der Waals surface area contributed by atoms with E-state index in [2.05, 4.69) is 5.43 Å². The number of hydrazine groups is 1. The zero-order chi connectivity index (χ0) is 12.7.